The fourth-order valence-corrected chi connectivity index (χ4v) is 3.02. The highest BCUT2D eigenvalue weighted by Crippen LogP contribution is 2.27. The molecule has 1 saturated heterocycles. The van der Waals surface area contributed by atoms with Crippen LogP contribution in [0.15, 0.2) is 24.3 Å². The zero-order chi connectivity index (χ0) is 20.7. The summed E-state index contributed by atoms with van der Waals surface area (Å²) in [5.41, 5.74) is 0.303. The van der Waals surface area contributed by atoms with Crippen molar-refractivity contribution in [1.29, 1.82) is 0 Å². The monoisotopic (exact) mass is 394 g/mol. The predicted octanol–water partition coefficient (Wildman–Crippen LogP) is 1.08. The molecule has 1 aliphatic heterocycles. The molecule has 1 fully saturated rings. The third-order valence-corrected chi connectivity index (χ3v) is 4.52. The van der Waals surface area contributed by atoms with Crippen molar-refractivity contribution in [2.24, 2.45) is 0 Å². The highest BCUT2D eigenvalue weighted by Gasteiger charge is 2.36. The molecule has 1 heterocycles. The van der Waals surface area contributed by atoms with Crippen molar-refractivity contribution in [3.8, 4) is 0 Å². The molecular formula is C18H22N2O8. The average Bonchev–Trinajstić information content (AvgIpc) is 3.24. The highest BCUT2D eigenvalue weighted by atomic mass is 16.6. The molecular weight excluding hydrogens is 372 g/mol. The molecule has 10 heteroatoms. The number of methoxy groups -OCH3 is 2. The van der Waals surface area contributed by atoms with E-state index in [1.54, 1.807) is 0 Å². The number of esters is 2. The van der Waals surface area contributed by atoms with E-state index in [0.717, 1.165) is 6.42 Å². The van der Waals surface area contributed by atoms with E-state index >= 15 is 0 Å². The van der Waals surface area contributed by atoms with Gasteiger partial charge in [0.1, 0.15) is 12.1 Å². The van der Waals surface area contributed by atoms with Gasteiger partial charge in [0, 0.05) is 24.7 Å². The van der Waals surface area contributed by atoms with E-state index in [1.807, 2.05) is 0 Å². The Kier molecular flexibility index (Phi) is 7.44. The Balaban J connectivity index is 2.33. The fraction of sp³-hybridized carbons (Fsp3) is 0.500. The fourth-order valence-electron chi connectivity index (χ4n) is 3.02. The lowest BCUT2D eigenvalue weighted by molar-refractivity contribution is -0.384. The molecule has 0 bridgehead atoms. The van der Waals surface area contributed by atoms with Crippen molar-refractivity contribution in [2.45, 2.75) is 37.3 Å². The minimum absolute atomic E-state index is 0.140. The van der Waals surface area contributed by atoms with Gasteiger partial charge >= 0.3 is 11.9 Å². The standard InChI is InChI=1S/C18H22N2O8/c1-26-15(21)10-13(11-5-7-12(8-6-11)20(24)25)16(18(23)27-2)19-17(22)14-4-3-9-28-14/h5-8,13-14,16H,3-4,9-10H2,1-2H3,(H,19,22)/t13-,14-,16+/m1/s1. The van der Waals surface area contributed by atoms with E-state index in [0.29, 0.717) is 18.6 Å². The minimum Gasteiger partial charge on any atom is -0.469 e. The molecule has 0 unspecified atom stereocenters. The third kappa shape index (κ3) is 5.26. The number of hydrogen-bond acceptors (Lipinski definition) is 8. The van der Waals surface area contributed by atoms with Gasteiger partial charge in [-0.1, -0.05) is 12.1 Å². The van der Waals surface area contributed by atoms with E-state index < -0.39 is 40.8 Å². The Morgan fingerprint density at radius 1 is 1.25 bits per heavy atom. The van der Waals surface area contributed by atoms with Crippen LogP contribution in [-0.4, -0.2) is 55.7 Å². The van der Waals surface area contributed by atoms with E-state index in [2.05, 4.69) is 5.32 Å². The molecule has 1 N–H and O–H groups in total. The molecule has 3 atom stereocenters. The summed E-state index contributed by atoms with van der Waals surface area (Å²) in [6.07, 6.45) is 0.344. The number of nitro benzene ring substituents is 1. The molecule has 2 rings (SSSR count). The maximum Gasteiger partial charge on any atom is 0.329 e. The van der Waals surface area contributed by atoms with Crippen LogP contribution in [0.2, 0.25) is 0 Å². The zero-order valence-corrected chi connectivity index (χ0v) is 15.6. The van der Waals surface area contributed by atoms with Gasteiger partial charge in [0.25, 0.3) is 5.69 Å². The molecule has 1 amide bonds. The van der Waals surface area contributed by atoms with Crippen molar-refractivity contribution in [2.75, 3.05) is 20.8 Å². The maximum absolute atomic E-state index is 12.5. The first-order valence-electron chi connectivity index (χ1n) is 8.68. The van der Waals surface area contributed by atoms with Gasteiger partial charge < -0.3 is 19.5 Å². The van der Waals surface area contributed by atoms with Crippen LogP contribution in [0, 0.1) is 10.1 Å². The number of hydrogen-bond donors (Lipinski definition) is 1. The number of benzene rings is 1. The lowest BCUT2D eigenvalue weighted by atomic mass is 9.88. The predicted molar refractivity (Wildman–Crippen MR) is 95.4 cm³/mol. The third-order valence-electron chi connectivity index (χ3n) is 4.52. The zero-order valence-electron chi connectivity index (χ0n) is 15.6. The molecule has 10 nitrogen and oxygen atoms in total. The second-order valence-electron chi connectivity index (χ2n) is 6.25. The van der Waals surface area contributed by atoms with Crippen molar-refractivity contribution >= 4 is 23.5 Å². The number of carbonyl (C=O) groups is 3. The minimum atomic E-state index is -1.19. The topological polar surface area (TPSA) is 134 Å². The van der Waals surface area contributed by atoms with Crippen LogP contribution in [0.5, 0.6) is 0 Å². The summed E-state index contributed by atoms with van der Waals surface area (Å²) in [4.78, 5) is 47.1. The Bertz CT molecular complexity index is 728. The van der Waals surface area contributed by atoms with Gasteiger partial charge in [-0.05, 0) is 18.4 Å². The van der Waals surface area contributed by atoms with Crippen molar-refractivity contribution in [3.63, 3.8) is 0 Å². The lowest BCUT2D eigenvalue weighted by Gasteiger charge is -2.26. The van der Waals surface area contributed by atoms with Gasteiger partial charge in [-0.25, -0.2) is 4.79 Å². The summed E-state index contributed by atoms with van der Waals surface area (Å²) >= 11 is 0. The number of non-ortho nitro benzene ring substituents is 1. The molecule has 0 radical (unpaired) electrons. The van der Waals surface area contributed by atoms with Crippen LogP contribution >= 0.6 is 0 Å². The van der Waals surface area contributed by atoms with E-state index in [1.165, 1.54) is 38.5 Å². The summed E-state index contributed by atoms with van der Waals surface area (Å²) in [5, 5.41) is 13.5. The molecule has 0 saturated carbocycles. The van der Waals surface area contributed by atoms with Gasteiger partial charge in [0.15, 0.2) is 0 Å². The van der Waals surface area contributed by atoms with Crippen LogP contribution in [0.25, 0.3) is 0 Å². The maximum atomic E-state index is 12.5. The Hall–Kier alpha value is -3.01. The van der Waals surface area contributed by atoms with Crippen LogP contribution in [0.1, 0.15) is 30.7 Å². The second kappa shape index (κ2) is 9.79. The van der Waals surface area contributed by atoms with Gasteiger partial charge in [-0.2, -0.15) is 0 Å². The normalized spacial score (nSPS) is 18.0. The van der Waals surface area contributed by atoms with Crippen LogP contribution in [0.4, 0.5) is 5.69 Å². The quantitative estimate of drug-likeness (QED) is 0.393. The molecule has 28 heavy (non-hydrogen) atoms. The molecule has 1 aliphatic rings. The van der Waals surface area contributed by atoms with E-state index in [4.69, 9.17) is 14.2 Å². The SMILES string of the molecule is COC(=O)C[C@H](c1ccc([N+](=O)[O-])cc1)[C@H](NC(=O)[C@H]1CCCO1)C(=O)OC. The molecule has 0 aliphatic carbocycles. The Morgan fingerprint density at radius 3 is 2.43 bits per heavy atom. The van der Waals surface area contributed by atoms with Gasteiger partial charge in [-0.15, -0.1) is 0 Å². The first-order chi connectivity index (χ1) is 13.4. The average molecular weight is 394 g/mol. The van der Waals surface area contributed by atoms with Gasteiger partial charge in [-0.3, -0.25) is 19.7 Å². The van der Waals surface area contributed by atoms with Gasteiger partial charge in [0.05, 0.1) is 25.6 Å². The lowest BCUT2D eigenvalue weighted by Crippen LogP contribution is -2.49. The van der Waals surface area contributed by atoms with Crippen LogP contribution < -0.4 is 5.32 Å². The number of amides is 1. The number of carbonyl (C=O) groups excluding carboxylic acids is 3. The smallest absolute Gasteiger partial charge is 0.329 e. The van der Waals surface area contributed by atoms with E-state index in [9.17, 15) is 24.5 Å². The van der Waals surface area contributed by atoms with Crippen molar-refractivity contribution in [3.05, 3.63) is 39.9 Å². The summed E-state index contributed by atoms with van der Waals surface area (Å²) in [7, 11) is 2.37. The molecule has 1 aromatic carbocycles. The number of nitrogens with one attached hydrogen (secondary N) is 1. The van der Waals surface area contributed by atoms with Crippen LogP contribution in [0.3, 0.4) is 0 Å². The largest absolute Gasteiger partial charge is 0.469 e. The van der Waals surface area contributed by atoms with Crippen molar-refractivity contribution < 1.29 is 33.5 Å². The summed E-state index contributed by atoms with van der Waals surface area (Å²) in [6.45, 7) is 0.453. The van der Waals surface area contributed by atoms with Crippen LogP contribution in [-0.2, 0) is 28.6 Å². The number of nitro groups is 1. The number of rotatable bonds is 8. The summed E-state index contributed by atoms with van der Waals surface area (Å²) in [5.74, 6) is -2.68. The Labute approximate surface area is 161 Å². The number of ether oxygens (including phenoxy) is 3. The molecule has 152 valence electrons. The summed E-state index contributed by atoms with van der Waals surface area (Å²) < 4.78 is 14.8. The molecule has 0 spiro atoms. The summed E-state index contributed by atoms with van der Waals surface area (Å²) in [6, 6.07) is 4.19. The Morgan fingerprint density at radius 2 is 1.93 bits per heavy atom. The van der Waals surface area contributed by atoms with Gasteiger partial charge in [0.2, 0.25) is 5.91 Å². The highest BCUT2D eigenvalue weighted by molar-refractivity contribution is 5.88. The second-order valence-corrected chi connectivity index (χ2v) is 6.25. The molecule has 0 aromatic heterocycles. The molecule has 1 aromatic rings. The number of nitrogens with zero attached hydrogens (tertiary/aromatic N) is 1. The first kappa shape index (κ1) is 21.3. The first-order valence-corrected chi connectivity index (χ1v) is 8.68. The van der Waals surface area contributed by atoms with Crippen molar-refractivity contribution in [1.82, 2.24) is 5.32 Å². The van der Waals surface area contributed by atoms with E-state index in [-0.39, 0.29) is 12.1 Å².